The van der Waals surface area contributed by atoms with E-state index in [-0.39, 0.29) is 11.7 Å². The third-order valence-electron chi connectivity index (χ3n) is 6.56. The van der Waals surface area contributed by atoms with Crippen LogP contribution in [0.3, 0.4) is 0 Å². The highest BCUT2D eigenvalue weighted by molar-refractivity contribution is 6.30. The Morgan fingerprint density at radius 2 is 1.82 bits per heavy atom. The molecule has 28 heavy (non-hydrogen) atoms. The number of rotatable bonds is 3. The molecule has 2 bridgehead atoms. The minimum Gasteiger partial charge on any atom is -0.360 e. The van der Waals surface area contributed by atoms with Crippen molar-refractivity contribution < 1.29 is 8.91 Å². The first kappa shape index (κ1) is 17.9. The summed E-state index contributed by atoms with van der Waals surface area (Å²) in [7, 11) is 2.23. The maximum absolute atomic E-state index is 13.3. The molecule has 0 amide bonds. The predicted molar refractivity (Wildman–Crippen MR) is 108 cm³/mol. The fourth-order valence-electron chi connectivity index (χ4n) is 5.11. The lowest BCUT2D eigenvalue weighted by atomic mass is 9.75. The molecule has 0 N–H and O–H groups in total. The third kappa shape index (κ3) is 3.05. The van der Waals surface area contributed by atoms with Gasteiger partial charge in [0.2, 0.25) is 0 Å². The van der Waals surface area contributed by atoms with E-state index in [4.69, 9.17) is 16.1 Å². The summed E-state index contributed by atoms with van der Waals surface area (Å²) in [5, 5.41) is 5.06. The number of nitrogens with zero attached hydrogens (tertiary/aromatic N) is 2. The molecule has 0 radical (unpaired) electrons. The van der Waals surface area contributed by atoms with Crippen molar-refractivity contribution in [1.82, 2.24) is 10.1 Å². The number of benzene rings is 2. The predicted octanol–water partition coefficient (Wildman–Crippen LogP) is 5.87. The number of halogens is 2. The Hall–Kier alpha value is -2.17. The van der Waals surface area contributed by atoms with Crippen molar-refractivity contribution in [3.8, 4) is 11.3 Å². The molecule has 2 aromatic carbocycles. The lowest BCUT2D eigenvalue weighted by Crippen LogP contribution is -2.44. The highest BCUT2D eigenvalue weighted by atomic mass is 35.5. The average molecular weight is 397 g/mol. The zero-order valence-electron chi connectivity index (χ0n) is 15.7. The highest BCUT2D eigenvalue weighted by Crippen LogP contribution is 2.51. The van der Waals surface area contributed by atoms with Gasteiger partial charge in [0.1, 0.15) is 17.3 Å². The number of aromatic nitrogens is 1. The van der Waals surface area contributed by atoms with Gasteiger partial charge in [-0.15, -0.1) is 0 Å². The van der Waals surface area contributed by atoms with Gasteiger partial charge in [0.05, 0.1) is 0 Å². The van der Waals surface area contributed by atoms with Crippen molar-refractivity contribution in [2.75, 3.05) is 7.05 Å². The normalized spacial score (nSPS) is 27.2. The van der Waals surface area contributed by atoms with Crippen molar-refractivity contribution in [3.63, 3.8) is 0 Å². The molecule has 1 aromatic heterocycles. The topological polar surface area (TPSA) is 29.3 Å². The molecule has 3 nitrogen and oxygen atoms in total. The van der Waals surface area contributed by atoms with Crippen LogP contribution in [0.4, 0.5) is 4.39 Å². The molecule has 2 fully saturated rings. The highest BCUT2D eigenvalue weighted by Gasteiger charge is 2.48. The summed E-state index contributed by atoms with van der Waals surface area (Å²) < 4.78 is 19.1. The van der Waals surface area contributed by atoms with E-state index in [0.717, 1.165) is 28.5 Å². The van der Waals surface area contributed by atoms with Gasteiger partial charge in [-0.2, -0.15) is 0 Å². The summed E-state index contributed by atoms with van der Waals surface area (Å²) in [6.07, 6.45) is 3.50. The van der Waals surface area contributed by atoms with E-state index < -0.39 is 0 Å². The van der Waals surface area contributed by atoms with Gasteiger partial charge in [-0.05, 0) is 74.2 Å². The summed E-state index contributed by atoms with van der Waals surface area (Å²) in [5.41, 5.74) is 2.93. The van der Waals surface area contributed by atoms with Crippen LogP contribution in [0.5, 0.6) is 0 Å². The van der Waals surface area contributed by atoms with Crippen LogP contribution in [0.15, 0.2) is 59.1 Å². The van der Waals surface area contributed by atoms with Gasteiger partial charge >= 0.3 is 0 Å². The van der Waals surface area contributed by atoms with Crippen molar-refractivity contribution in [2.24, 2.45) is 0 Å². The molecular weight excluding hydrogens is 375 g/mol. The number of piperidine rings is 1. The monoisotopic (exact) mass is 396 g/mol. The molecule has 4 atom stereocenters. The van der Waals surface area contributed by atoms with Crippen molar-refractivity contribution in [2.45, 2.75) is 43.2 Å². The van der Waals surface area contributed by atoms with E-state index in [2.05, 4.69) is 29.2 Å². The standard InChI is InChI=1S/C23H22ClFN2O/c1-27-18-10-11-21(27)23(19(12-18)14-2-6-16(24)7-3-14)22-13-20(26-28-22)15-4-8-17(25)9-5-15/h2-9,13,18-19,21,23H,10-12H2,1H3/t18-,19?,21?,23+/m1/s1. The van der Waals surface area contributed by atoms with Crippen molar-refractivity contribution in [3.05, 3.63) is 76.8 Å². The molecule has 5 heteroatoms. The fourth-order valence-corrected chi connectivity index (χ4v) is 5.24. The lowest BCUT2D eigenvalue weighted by molar-refractivity contribution is 0.122. The molecular formula is C23H22ClFN2O. The van der Waals surface area contributed by atoms with E-state index in [1.54, 1.807) is 12.1 Å². The second-order valence-corrected chi connectivity index (χ2v) is 8.44. The summed E-state index contributed by atoms with van der Waals surface area (Å²) in [4.78, 5) is 2.51. The Balaban J connectivity index is 1.53. The van der Waals surface area contributed by atoms with E-state index in [0.29, 0.717) is 18.0 Å². The van der Waals surface area contributed by atoms with Crippen LogP contribution < -0.4 is 0 Å². The van der Waals surface area contributed by atoms with Gasteiger partial charge in [-0.25, -0.2) is 4.39 Å². The van der Waals surface area contributed by atoms with Crippen LogP contribution in [0.2, 0.25) is 5.02 Å². The summed E-state index contributed by atoms with van der Waals surface area (Å²) in [6, 6.07) is 17.7. The molecule has 2 unspecified atom stereocenters. The molecule has 2 saturated heterocycles. The second kappa shape index (κ2) is 7.02. The number of hydrogen-bond acceptors (Lipinski definition) is 3. The zero-order chi connectivity index (χ0) is 19.3. The molecule has 0 saturated carbocycles. The van der Waals surface area contributed by atoms with Crippen LogP contribution in [0.1, 0.15) is 42.4 Å². The molecule has 2 aliphatic rings. The Kier molecular flexibility index (Phi) is 4.48. The van der Waals surface area contributed by atoms with E-state index in [1.165, 1.54) is 30.5 Å². The first-order chi connectivity index (χ1) is 13.6. The lowest BCUT2D eigenvalue weighted by Gasteiger charge is -2.42. The van der Waals surface area contributed by atoms with Gasteiger partial charge in [0.15, 0.2) is 0 Å². The van der Waals surface area contributed by atoms with E-state index in [9.17, 15) is 4.39 Å². The Labute approximate surface area is 169 Å². The van der Waals surface area contributed by atoms with Crippen LogP contribution in [0, 0.1) is 5.82 Å². The molecule has 0 aliphatic carbocycles. The van der Waals surface area contributed by atoms with Crippen LogP contribution >= 0.6 is 11.6 Å². The SMILES string of the molecule is CN1C2CC[C@@H]1CC(c1ccc(Cl)cc1)[C@@H]2c1cc(-c2ccc(F)cc2)no1. The van der Waals surface area contributed by atoms with E-state index >= 15 is 0 Å². The minimum absolute atomic E-state index is 0.242. The Bertz CT molecular complexity index is 969. The summed E-state index contributed by atoms with van der Waals surface area (Å²) >= 11 is 6.12. The molecule has 5 rings (SSSR count). The first-order valence-corrected chi connectivity index (χ1v) is 10.2. The molecule has 3 heterocycles. The van der Waals surface area contributed by atoms with Gasteiger partial charge in [0, 0.05) is 34.7 Å². The first-order valence-electron chi connectivity index (χ1n) is 9.80. The van der Waals surface area contributed by atoms with E-state index in [1.807, 2.05) is 18.2 Å². The third-order valence-corrected chi connectivity index (χ3v) is 6.82. The average Bonchev–Trinajstić information content (AvgIpc) is 3.26. The fraction of sp³-hybridized carbons (Fsp3) is 0.348. The van der Waals surface area contributed by atoms with Gasteiger partial charge in [-0.3, -0.25) is 4.90 Å². The smallest absolute Gasteiger partial charge is 0.142 e. The van der Waals surface area contributed by atoms with Gasteiger partial charge in [-0.1, -0.05) is 28.9 Å². The second-order valence-electron chi connectivity index (χ2n) is 8.00. The van der Waals surface area contributed by atoms with Crippen LogP contribution in [0.25, 0.3) is 11.3 Å². The van der Waals surface area contributed by atoms with Crippen molar-refractivity contribution >= 4 is 11.6 Å². The van der Waals surface area contributed by atoms with Gasteiger partial charge < -0.3 is 4.52 Å². The molecule has 0 spiro atoms. The maximum Gasteiger partial charge on any atom is 0.142 e. The van der Waals surface area contributed by atoms with Gasteiger partial charge in [0.25, 0.3) is 0 Å². The largest absolute Gasteiger partial charge is 0.360 e. The summed E-state index contributed by atoms with van der Waals surface area (Å²) in [6.45, 7) is 0. The minimum atomic E-state index is -0.249. The quantitative estimate of drug-likeness (QED) is 0.554. The van der Waals surface area contributed by atoms with Crippen LogP contribution in [-0.4, -0.2) is 29.2 Å². The number of fused-ring (bicyclic) bond motifs is 2. The zero-order valence-corrected chi connectivity index (χ0v) is 16.4. The number of hydrogen-bond donors (Lipinski definition) is 0. The molecule has 2 aliphatic heterocycles. The van der Waals surface area contributed by atoms with Crippen molar-refractivity contribution in [1.29, 1.82) is 0 Å². The summed E-state index contributed by atoms with van der Waals surface area (Å²) in [5.74, 6) is 1.28. The molecule has 144 valence electrons. The maximum atomic E-state index is 13.3. The van der Waals surface area contributed by atoms with Crippen LogP contribution in [-0.2, 0) is 0 Å². The Morgan fingerprint density at radius 1 is 1.07 bits per heavy atom. The number of likely N-dealkylation sites (N-methyl/N-ethyl adjacent to an activating group) is 1. The Morgan fingerprint density at radius 3 is 2.57 bits per heavy atom. The molecule has 3 aromatic rings.